The van der Waals surface area contributed by atoms with Crippen molar-refractivity contribution in [3.63, 3.8) is 0 Å². The molecule has 22 heavy (non-hydrogen) atoms. The third kappa shape index (κ3) is 5.51. The zero-order chi connectivity index (χ0) is 16.4. The van der Waals surface area contributed by atoms with Crippen LogP contribution in [0.5, 0.6) is 11.5 Å². The molecule has 1 rings (SSSR count). The molecule has 0 spiro atoms. The second-order valence-electron chi connectivity index (χ2n) is 4.34. The van der Waals surface area contributed by atoms with Gasteiger partial charge >= 0.3 is 0 Å². The summed E-state index contributed by atoms with van der Waals surface area (Å²) >= 11 is 0. The number of benzene rings is 1. The Balaban J connectivity index is 2.82. The van der Waals surface area contributed by atoms with Gasteiger partial charge in [-0.05, 0) is 26.0 Å². The highest BCUT2D eigenvalue weighted by molar-refractivity contribution is 5.95. The van der Waals surface area contributed by atoms with Crippen LogP contribution in [0.1, 0.15) is 13.8 Å². The maximum atomic E-state index is 11.5. The minimum absolute atomic E-state index is 0.0659. The second kappa shape index (κ2) is 9.49. The Morgan fingerprint density at radius 2 is 1.77 bits per heavy atom. The molecule has 0 unspecified atom stereocenters. The number of nitrogens with zero attached hydrogens (tertiary/aromatic N) is 1. The van der Waals surface area contributed by atoms with Crippen LogP contribution in [-0.2, 0) is 4.79 Å². The number of rotatable bonds is 7. The summed E-state index contributed by atoms with van der Waals surface area (Å²) < 4.78 is 10.5. The van der Waals surface area contributed by atoms with E-state index in [9.17, 15) is 4.79 Å². The SMILES string of the molecule is CCNC(=O)CN=C(NCC)Nc1ccc(OC)c(OC)c1. The van der Waals surface area contributed by atoms with Crippen molar-refractivity contribution < 1.29 is 14.3 Å². The van der Waals surface area contributed by atoms with Gasteiger partial charge in [0.05, 0.1) is 14.2 Å². The van der Waals surface area contributed by atoms with E-state index in [1.54, 1.807) is 26.4 Å². The predicted octanol–water partition coefficient (Wildman–Crippen LogP) is 1.22. The number of amides is 1. The minimum atomic E-state index is -0.119. The van der Waals surface area contributed by atoms with Gasteiger partial charge in [-0.15, -0.1) is 0 Å². The average molecular weight is 308 g/mol. The number of ether oxygens (including phenoxy) is 2. The molecule has 0 saturated carbocycles. The monoisotopic (exact) mass is 308 g/mol. The van der Waals surface area contributed by atoms with E-state index in [1.165, 1.54) is 0 Å². The van der Waals surface area contributed by atoms with Gasteiger partial charge in [-0.3, -0.25) is 4.79 Å². The molecule has 0 aliphatic rings. The molecular weight excluding hydrogens is 284 g/mol. The van der Waals surface area contributed by atoms with Crippen LogP contribution in [0.2, 0.25) is 0 Å². The number of hydrogen-bond donors (Lipinski definition) is 3. The molecule has 1 amide bonds. The van der Waals surface area contributed by atoms with Gasteiger partial charge in [0.1, 0.15) is 6.54 Å². The maximum Gasteiger partial charge on any atom is 0.241 e. The number of likely N-dealkylation sites (N-methyl/N-ethyl adjacent to an activating group) is 1. The molecule has 1 aromatic carbocycles. The molecule has 0 aliphatic carbocycles. The van der Waals surface area contributed by atoms with Crippen molar-refractivity contribution in [1.29, 1.82) is 0 Å². The summed E-state index contributed by atoms with van der Waals surface area (Å²) in [7, 11) is 3.17. The first kappa shape index (κ1) is 17.6. The van der Waals surface area contributed by atoms with E-state index in [2.05, 4.69) is 20.9 Å². The van der Waals surface area contributed by atoms with Crippen LogP contribution in [-0.4, -0.2) is 45.7 Å². The Hall–Kier alpha value is -2.44. The van der Waals surface area contributed by atoms with Gasteiger partial charge in [-0.25, -0.2) is 4.99 Å². The van der Waals surface area contributed by atoms with E-state index >= 15 is 0 Å². The molecule has 0 fully saturated rings. The van der Waals surface area contributed by atoms with Gasteiger partial charge in [0.2, 0.25) is 5.91 Å². The predicted molar refractivity (Wildman–Crippen MR) is 87.8 cm³/mol. The number of hydrogen-bond acceptors (Lipinski definition) is 4. The molecule has 0 heterocycles. The fraction of sp³-hybridized carbons (Fsp3) is 0.467. The molecule has 0 atom stereocenters. The Labute approximate surface area is 131 Å². The first-order chi connectivity index (χ1) is 10.6. The normalized spacial score (nSPS) is 10.8. The summed E-state index contributed by atoms with van der Waals surface area (Å²) in [5.41, 5.74) is 0.785. The molecule has 0 saturated heterocycles. The minimum Gasteiger partial charge on any atom is -0.493 e. The third-order valence-corrected chi connectivity index (χ3v) is 2.75. The number of carbonyl (C=O) groups is 1. The van der Waals surface area contributed by atoms with E-state index in [4.69, 9.17) is 9.47 Å². The third-order valence-electron chi connectivity index (χ3n) is 2.75. The lowest BCUT2D eigenvalue weighted by Gasteiger charge is -2.13. The van der Waals surface area contributed by atoms with Gasteiger partial charge in [-0.1, -0.05) is 0 Å². The van der Waals surface area contributed by atoms with E-state index in [0.29, 0.717) is 30.5 Å². The first-order valence-electron chi connectivity index (χ1n) is 7.18. The fourth-order valence-electron chi connectivity index (χ4n) is 1.76. The lowest BCUT2D eigenvalue weighted by atomic mass is 10.3. The zero-order valence-electron chi connectivity index (χ0n) is 13.5. The molecule has 3 N–H and O–H groups in total. The topological polar surface area (TPSA) is 84.0 Å². The Morgan fingerprint density at radius 3 is 2.36 bits per heavy atom. The summed E-state index contributed by atoms with van der Waals surface area (Å²) in [5, 5.41) is 8.91. The van der Waals surface area contributed by atoms with Crippen LogP contribution >= 0.6 is 0 Å². The number of methoxy groups -OCH3 is 2. The second-order valence-corrected chi connectivity index (χ2v) is 4.34. The van der Waals surface area contributed by atoms with E-state index in [1.807, 2.05) is 19.9 Å². The number of nitrogens with one attached hydrogen (secondary N) is 3. The molecule has 7 nitrogen and oxygen atoms in total. The molecule has 7 heteroatoms. The van der Waals surface area contributed by atoms with Gasteiger partial charge < -0.3 is 25.4 Å². The molecule has 122 valence electrons. The Kier molecular flexibility index (Phi) is 7.60. The van der Waals surface area contributed by atoms with Gasteiger partial charge in [-0.2, -0.15) is 0 Å². The van der Waals surface area contributed by atoms with Crippen LogP contribution < -0.4 is 25.4 Å². The number of aliphatic imine (C=N–C) groups is 1. The van der Waals surface area contributed by atoms with Crippen molar-refractivity contribution >= 4 is 17.6 Å². The summed E-state index contributed by atoms with van der Waals surface area (Å²) in [5.74, 6) is 1.68. The zero-order valence-corrected chi connectivity index (χ0v) is 13.5. The van der Waals surface area contributed by atoms with Crippen molar-refractivity contribution in [1.82, 2.24) is 10.6 Å². The summed E-state index contributed by atoms with van der Waals surface area (Å²) in [6, 6.07) is 5.45. The smallest absolute Gasteiger partial charge is 0.241 e. The summed E-state index contributed by atoms with van der Waals surface area (Å²) in [4.78, 5) is 15.7. The molecule has 0 radical (unpaired) electrons. The van der Waals surface area contributed by atoms with Crippen molar-refractivity contribution in [2.75, 3.05) is 39.2 Å². The van der Waals surface area contributed by atoms with E-state index < -0.39 is 0 Å². The van der Waals surface area contributed by atoms with Crippen LogP contribution in [0.15, 0.2) is 23.2 Å². The van der Waals surface area contributed by atoms with E-state index in [-0.39, 0.29) is 12.5 Å². The quantitative estimate of drug-likeness (QED) is 0.521. The Bertz CT molecular complexity index is 518. The van der Waals surface area contributed by atoms with Crippen LogP contribution in [0.3, 0.4) is 0 Å². The fourth-order valence-corrected chi connectivity index (χ4v) is 1.76. The lowest BCUT2D eigenvalue weighted by molar-refractivity contribution is -0.119. The highest BCUT2D eigenvalue weighted by atomic mass is 16.5. The van der Waals surface area contributed by atoms with Crippen LogP contribution in [0.4, 0.5) is 5.69 Å². The maximum absolute atomic E-state index is 11.5. The van der Waals surface area contributed by atoms with Crippen LogP contribution in [0, 0.1) is 0 Å². The Morgan fingerprint density at radius 1 is 1.09 bits per heavy atom. The van der Waals surface area contributed by atoms with Crippen molar-refractivity contribution in [3.8, 4) is 11.5 Å². The van der Waals surface area contributed by atoms with Crippen molar-refractivity contribution in [3.05, 3.63) is 18.2 Å². The molecule has 0 aliphatic heterocycles. The first-order valence-corrected chi connectivity index (χ1v) is 7.18. The van der Waals surface area contributed by atoms with Crippen molar-refractivity contribution in [2.24, 2.45) is 4.99 Å². The van der Waals surface area contributed by atoms with Crippen molar-refractivity contribution in [2.45, 2.75) is 13.8 Å². The summed E-state index contributed by atoms with van der Waals surface area (Å²) in [6.45, 7) is 5.17. The highest BCUT2D eigenvalue weighted by Crippen LogP contribution is 2.29. The van der Waals surface area contributed by atoms with E-state index in [0.717, 1.165) is 5.69 Å². The van der Waals surface area contributed by atoms with Gasteiger partial charge in [0.15, 0.2) is 17.5 Å². The molecule has 0 bridgehead atoms. The number of anilines is 1. The summed E-state index contributed by atoms with van der Waals surface area (Å²) in [6.07, 6.45) is 0. The lowest BCUT2D eigenvalue weighted by Crippen LogP contribution is -2.33. The standard InChI is InChI=1S/C15H24N4O3/c1-5-16-14(20)10-18-15(17-6-2)19-11-7-8-12(21-3)13(9-11)22-4/h7-9H,5-6,10H2,1-4H3,(H,16,20)(H2,17,18,19). The average Bonchev–Trinajstić information content (AvgIpc) is 2.53. The molecule has 1 aromatic rings. The van der Waals surface area contributed by atoms with Crippen LogP contribution in [0.25, 0.3) is 0 Å². The molecule has 0 aromatic heterocycles. The van der Waals surface area contributed by atoms with Gasteiger partial charge in [0, 0.05) is 24.8 Å². The molecular formula is C15H24N4O3. The number of carbonyl (C=O) groups excluding carboxylic acids is 1. The highest BCUT2D eigenvalue weighted by Gasteiger charge is 2.06. The number of guanidine groups is 1. The van der Waals surface area contributed by atoms with Gasteiger partial charge in [0.25, 0.3) is 0 Å². The largest absolute Gasteiger partial charge is 0.493 e.